The second-order valence-electron chi connectivity index (χ2n) is 4.04. The maximum atomic E-state index is 5.85. The highest BCUT2D eigenvalue weighted by Gasteiger charge is 2.10. The highest BCUT2D eigenvalue weighted by Crippen LogP contribution is 2.19. The van der Waals surface area contributed by atoms with Crippen LogP contribution >= 0.6 is 11.6 Å². The van der Waals surface area contributed by atoms with Gasteiger partial charge in [-0.2, -0.15) is 0 Å². The predicted octanol–water partition coefficient (Wildman–Crippen LogP) is 2.14. The molecule has 1 aliphatic rings. The van der Waals surface area contributed by atoms with E-state index in [0.717, 1.165) is 44.2 Å². The Bertz CT molecular complexity index is 340. The summed E-state index contributed by atoms with van der Waals surface area (Å²) in [6.07, 6.45) is 0. The number of morpholine rings is 1. The van der Waals surface area contributed by atoms with Crippen molar-refractivity contribution in [2.75, 3.05) is 39.5 Å². The van der Waals surface area contributed by atoms with Gasteiger partial charge in [0, 0.05) is 25.2 Å². The first-order chi connectivity index (χ1) is 8.40. The summed E-state index contributed by atoms with van der Waals surface area (Å²) >= 11 is 5.85. The maximum absolute atomic E-state index is 5.85. The van der Waals surface area contributed by atoms with E-state index in [2.05, 4.69) is 4.90 Å². The summed E-state index contributed by atoms with van der Waals surface area (Å²) in [4.78, 5) is 2.35. The number of hydrogen-bond acceptors (Lipinski definition) is 3. The molecule has 1 fully saturated rings. The van der Waals surface area contributed by atoms with E-state index in [1.165, 1.54) is 0 Å². The Labute approximate surface area is 107 Å². The molecule has 1 aliphatic heterocycles. The summed E-state index contributed by atoms with van der Waals surface area (Å²) in [7, 11) is 0. The van der Waals surface area contributed by atoms with E-state index in [0.29, 0.717) is 12.5 Å². The van der Waals surface area contributed by atoms with Crippen molar-refractivity contribution < 1.29 is 9.47 Å². The van der Waals surface area contributed by atoms with Crippen molar-refractivity contribution in [1.82, 2.24) is 4.90 Å². The molecule has 1 aromatic rings. The molecular weight excluding hydrogens is 238 g/mol. The second-order valence-corrected chi connectivity index (χ2v) is 4.31. The summed E-state index contributed by atoms with van der Waals surface area (Å²) in [6, 6.07) is 7.92. The number of benzene rings is 1. The Morgan fingerprint density at radius 1 is 1.24 bits per heavy atom. The fourth-order valence-corrected chi connectivity index (χ4v) is 2.09. The van der Waals surface area contributed by atoms with Gasteiger partial charge in [0.05, 0.1) is 19.1 Å². The molecule has 0 spiro atoms. The number of para-hydroxylation sites is 1. The van der Waals surface area contributed by atoms with Crippen LogP contribution in [0.1, 0.15) is 5.56 Å². The van der Waals surface area contributed by atoms with Crippen LogP contribution in [0, 0.1) is 0 Å². The molecule has 0 amide bonds. The fraction of sp³-hybridized carbons (Fsp3) is 0.538. The van der Waals surface area contributed by atoms with Crippen molar-refractivity contribution in [3.8, 4) is 5.75 Å². The average Bonchev–Trinajstić information content (AvgIpc) is 2.40. The Morgan fingerprint density at radius 3 is 2.76 bits per heavy atom. The zero-order valence-corrected chi connectivity index (χ0v) is 10.7. The zero-order valence-electron chi connectivity index (χ0n) is 9.90. The third kappa shape index (κ3) is 3.87. The summed E-state index contributed by atoms with van der Waals surface area (Å²) in [5.74, 6) is 1.39. The van der Waals surface area contributed by atoms with E-state index in [9.17, 15) is 0 Å². The standard InChI is InChI=1S/C13H18ClNO2/c14-11-12-3-1-2-4-13(12)17-10-7-15-5-8-16-9-6-15/h1-4H,5-11H2. The van der Waals surface area contributed by atoms with Crippen LogP contribution in [0.4, 0.5) is 0 Å². The van der Waals surface area contributed by atoms with Gasteiger partial charge in [-0.1, -0.05) is 18.2 Å². The smallest absolute Gasteiger partial charge is 0.123 e. The molecule has 4 heteroatoms. The number of hydrogen-bond donors (Lipinski definition) is 0. The molecule has 1 saturated heterocycles. The molecule has 0 atom stereocenters. The average molecular weight is 256 g/mol. The predicted molar refractivity (Wildman–Crippen MR) is 68.8 cm³/mol. The van der Waals surface area contributed by atoms with Crippen molar-refractivity contribution in [2.45, 2.75) is 5.88 Å². The zero-order chi connectivity index (χ0) is 11.9. The quantitative estimate of drug-likeness (QED) is 0.753. The van der Waals surface area contributed by atoms with Gasteiger partial charge < -0.3 is 9.47 Å². The number of halogens is 1. The molecular formula is C13H18ClNO2. The highest BCUT2D eigenvalue weighted by atomic mass is 35.5. The number of nitrogens with zero attached hydrogens (tertiary/aromatic N) is 1. The molecule has 0 bridgehead atoms. The van der Waals surface area contributed by atoms with E-state index in [4.69, 9.17) is 21.1 Å². The largest absolute Gasteiger partial charge is 0.492 e. The van der Waals surface area contributed by atoms with Crippen molar-refractivity contribution in [1.29, 1.82) is 0 Å². The van der Waals surface area contributed by atoms with Crippen molar-refractivity contribution >= 4 is 11.6 Å². The van der Waals surface area contributed by atoms with Crippen molar-refractivity contribution in [3.05, 3.63) is 29.8 Å². The van der Waals surface area contributed by atoms with Gasteiger partial charge in [0.25, 0.3) is 0 Å². The van der Waals surface area contributed by atoms with Crippen LogP contribution in [0.25, 0.3) is 0 Å². The Morgan fingerprint density at radius 2 is 2.00 bits per heavy atom. The van der Waals surface area contributed by atoms with Gasteiger partial charge in [-0.3, -0.25) is 4.90 Å². The van der Waals surface area contributed by atoms with Gasteiger partial charge >= 0.3 is 0 Å². The number of ether oxygens (including phenoxy) is 2. The monoisotopic (exact) mass is 255 g/mol. The first-order valence-corrected chi connectivity index (χ1v) is 6.50. The minimum atomic E-state index is 0.494. The van der Waals surface area contributed by atoms with Crippen molar-refractivity contribution in [2.24, 2.45) is 0 Å². The molecule has 1 aromatic carbocycles. The summed E-state index contributed by atoms with van der Waals surface area (Å²) in [5, 5.41) is 0. The van der Waals surface area contributed by atoms with Crippen LogP contribution in [0.15, 0.2) is 24.3 Å². The maximum Gasteiger partial charge on any atom is 0.123 e. The molecule has 0 N–H and O–H groups in total. The fourth-order valence-electron chi connectivity index (χ4n) is 1.86. The molecule has 2 rings (SSSR count). The second kappa shape index (κ2) is 6.84. The van der Waals surface area contributed by atoms with Gasteiger partial charge in [0.2, 0.25) is 0 Å². The topological polar surface area (TPSA) is 21.7 Å². The lowest BCUT2D eigenvalue weighted by atomic mass is 10.2. The van der Waals surface area contributed by atoms with Crippen LogP contribution in [-0.2, 0) is 10.6 Å². The van der Waals surface area contributed by atoms with E-state index in [1.807, 2.05) is 24.3 Å². The van der Waals surface area contributed by atoms with Crippen LogP contribution in [0.2, 0.25) is 0 Å². The van der Waals surface area contributed by atoms with E-state index < -0.39 is 0 Å². The van der Waals surface area contributed by atoms with Gasteiger partial charge in [-0.15, -0.1) is 11.6 Å². The first kappa shape index (κ1) is 12.7. The minimum Gasteiger partial charge on any atom is -0.492 e. The number of alkyl halides is 1. The minimum absolute atomic E-state index is 0.494. The Kier molecular flexibility index (Phi) is 5.10. The van der Waals surface area contributed by atoms with Gasteiger partial charge in [-0.25, -0.2) is 0 Å². The molecule has 0 unspecified atom stereocenters. The number of rotatable bonds is 5. The molecule has 0 saturated carbocycles. The molecule has 17 heavy (non-hydrogen) atoms. The van der Waals surface area contributed by atoms with E-state index >= 15 is 0 Å². The van der Waals surface area contributed by atoms with Crippen LogP contribution in [0.5, 0.6) is 5.75 Å². The lowest BCUT2D eigenvalue weighted by Gasteiger charge is -2.26. The molecule has 0 aromatic heterocycles. The normalized spacial score (nSPS) is 17.0. The summed E-state index contributed by atoms with van der Waals surface area (Å²) in [6.45, 7) is 5.31. The van der Waals surface area contributed by atoms with Crippen LogP contribution in [0.3, 0.4) is 0 Å². The molecule has 3 nitrogen and oxygen atoms in total. The van der Waals surface area contributed by atoms with Gasteiger partial charge in [0.15, 0.2) is 0 Å². The third-order valence-electron chi connectivity index (χ3n) is 2.89. The molecule has 94 valence electrons. The molecule has 0 aliphatic carbocycles. The first-order valence-electron chi connectivity index (χ1n) is 5.97. The molecule has 1 heterocycles. The van der Waals surface area contributed by atoms with E-state index in [1.54, 1.807) is 0 Å². The Balaban J connectivity index is 1.77. The van der Waals surface area contributed by atoms with Crippen LogP contribution in [-0.4, -0.2) is 44.4 Å². The third-order valence-corrected chi connectivity index (χ3v) is 3.17. The van der Waals surface area contributed by atoms with Crippen LogP contribution < -0.4 is 4.74 Å². The van der Waals surface area contributed by atoms with E-state index in [-0.39, 0.29) is 0 Å². The lowest BCUT2D eigenvalue weighted by Crippen LogP contribution is -2.38. The van der Waals surface area contributed by atoms with Gasteiger partial charge in [-0.05, 0) is 6.07 Å². The van der Waals surface area contributed by atoms with Gasteiger partial charge in [0.1, 0.15) is 12.4 Å². The Hall–Kier alpha value is -0.770. The highest BCUT2D eigenvalue weighted by molar-refractivity contribution is 6.17. The van der Waals surface area contributed by atoms with Crippen molar-refractivity contribution in [3.63, 3.8) is 0 Å². The molecule has 0 radical (unpaired) electrons. The summed E-state index contributed by atoms with van der Waals surface area (Å²) in [5.41, 5.74) is 1.05. The summed E-state index contributed by atoms with van der Waals surface area (Å²) < 4.78 is 11.1. The SMILES string of the molecule is ClCc1ccccc1OCCN1CCOCC1. The lowest BCUT2D eigenvalue weighted by molar-refractivity contribution is 0.0322.